The van der Waals surface area contributed by atoms with E-state index in [1.54, 1.807) is 28.3 Å². The summed E-state index contributed by atoms with van der Waals surface area (Å²) >= 11 is 0. The summed E-state index contributed by atoms with van der Waals surface area (Å²) < 4.78 is 30.0. The number of esters is 1. The molecule has 3 heterocycles. The number of aliphatic hydroxyl groups is 3. The molecule has 0 aromatic heterocycles. The number of amides is 1. The van der Waals surface area contributed by atoms with Gasteiger partial charge in [0, 0.05) is 57.8 Å². The second-order valence-corrected chi connectivity index (χ2v) is 17.4. The molecule has 4 aliphatic rings. The fourth-order valence-electron chi connectivity index (χ4n) is 9.43. The van der Waals surface area contributed by atoms with Gasteiger partial charge in [0.25, 0.3) is 11.7 Å². The molecule has 13 atom stereocenters. The van der Waals surface area contributed by atoms with Crippen molar-refractivity contribution in [2.45, 2.75) is 174 Å². The van der Waals surface area contributed by atoms with Gasteiger partial charge in [-0.1, -0.05) is 65.2 Å². The predicted molar refractivity (Wildman–Crippen MR) is 232 cm³/mol. The zero-order chi connectivity index (χ0) is 44.0. The summed E-state index contributed by atoms with van der Waals surface area (Å²) in [4.78, 5) is 43.9. The van der Waals surface area contributed by atoms with Gasteiger partial charge in [0.1, 0.15) is 24.9 Å². The van der Waals surface area contributed by atoms with Crippen LogP contribution in [-0.2, 0) is 38.1 Å². The van der Waals surface area contributed by atoms with E-state index in [9.17, 15) is 24.6 Å². The van der Waals surface area contributed by atoms with Crippen LogP contribution in [0.3, 0.4) is 0 Å². The van der Waals surface area contributed by atoms with E-state index >= 15 is 0 Å². The molecule has 4 rings (SSSR count). The van der Waals surface area contributed by atoms with Crippen molar-refractivity contribution in [1.82, 2.24) is 4.90 Å². The van der Waals surface area contributed by atoms with Gasteiger partial charge in [0.2, 0.25) is 5.79 Å². The summed E-state index contributed by atoms with van der Waals surface area (Å²) in [6.07, 6.45) is 12.7. The minimum Gasteiger partial charge on any atom is -0.456 e. The Labute approximate surface area is 360 Å². The maximum absolute atomic E-state index is 14.3. The fraction of sp³-hybridized carbons (Fsp3) is 0.787. The van der Waals surface area contributed by atoms with Gasteiger partial charge in [0.15, 0.2) is 0 Å². The number of cyclic esters (lactones) is 1. The minimum absolute atomic E-state index is 0. The smallest absolute Gasteiger partial charge is 0.329 e. The van der Waals surface area contributed by atoms with Crippen LogP contribution in [0.25, 0.3) is 0 Å². The van der Waals surface area contributed by atoms with Crippen LogP contribution in [0.5, 0.6) is 0 Å². The first-order valence-electron chi connectivity index (χ1n) is 21.7. The summed E-state index contributed by atoms with van der Waals surface area (Å²) in [5.41, 5.74) is 2.29. The second-order valence-electron chi connectivity index (χ2n) is 17.4. The number of aliphatic hydroxyl groups excluding tert-OH is 2. The maximum atomic E-state index is 14.3. The first-order valence-corrected chi connectivity index (χ1v) is 21.7. The largest absolute Gasteiger partial charge is 0.456 e. The van der Waals surface area contributed by atoms with Gasteiger partial charge in [-0.2, -0.15) is 0 Å². The Balaban J connectivity index is 0.00000237. The maximum Gasteiger partial charge on any atom is 0.329 e. The first-order chi connectivity index (χ1) is 28.0. The Morgan fingerprint density at radius 2 is 1.67 bits per heavy atom. The Morgan fingerprint density at radius 3 is 2.27 bits per heavy atom. The molecule has 13 heteroatoms. The highest BCUT2D eigenvalue weighted by atomic mass is 16.7. The normalized spacial score (nSPS) is 37.7. The van der Waals surface area contributed by atoms with Gasteiger partial charge >= 0.3 is 5.97 Å². The second kappa shape index (κ2) is 25.2. The molecule has 1 saturated carbocycles. The number of piperidine rings is 1. The lowest BCUT2D eigenvalue weighted by Crippen LogP contribution is -2.64. The van der Waals surface area contributed by atoms with Crippen molar-refractivity contribution >= 4 is 23.4 Å². The van der Waals surface area contributed by atoms with Gasteiger partial charge in [-0.3, -0.25) is 9.59 Å². The third-order valence-electron chi connectivity index (χ3n) is 12.9. The summed E-state index contributed by atoms with van der Waals surface area (Å²) in [6, 6.07) is -1.07. The first kappa shape index (κ1) is 53.2. The highest BCUT2D eigenvalue weighted by molar-refractivity contribution is 6.39. The van der Waals surface area contributed by atoms with Crippen LogP contribution in [0.2, 0.25) is 0 Å². The van der Waals surface area contributed by atoms with Crippen LogP contribution >= 0.6 is 0 Å². The number of ketones is 1. The number of allylic oxidation sites excluding steroid dienone is 3. The lowest BCUT2D eigenvalue weighted by molar-refractivity contribution is -0.302. The molecule has 0 spiro atoms. The SMILES string of the molecule is C.C#CCO.CC[C@@H]1/C=C(\C)C[C@H](C)C[C@H](OC)[C@H]2O[C@@](O)(C(=O)C(=O)N3CCCC[C@H]3C(=O)O[C@H](/C(C)=C/[C@@H]3CCC[C@H](OC)C3)[C@H](C)[C@@H](O)CC1=N)[C@H](C)C[C@@H]2OC. The number of fused-ring (bicyclic) bond motifs is 3. The van der Waals surface area contributed by atoms with Crippen molar-refractivity contribution < 1.29 is 53.4 Å². The number of terminal acetylenes is 1. The van der Waals surface area contributed by atoms with E-state index < -0.39 is 71.8 Å². The van der Waals surface area contributed by atoms with Crippen LogP contribution in [-0.4, -0.2) is 127 Å². The Bertz CT molecular complexity index is 1510. The molecule has 0 radical (unpaired) electrons. The molecule has 1 amide bonds. The third kappa shape index (κ3) is 13.8. The summed E-state index contributed by atoms with van der Waals surface area (Å²) in [7, 11) is 4.84. The minimum atomic E-state index is -2.47. The average molecular weight is 847 g/mol. The number of carbonyl (C=O) groups is 3. The molecule has 3 aliphatic heterocycles. The van der Waals surface area contributed by atoms with Crippen molar-refractivity contribution in [3.8, 4) is 12.3 Å². The van der Waals surface area contributed by atoms with Crippen LogP contribution in [0.4, 0.5) is 0 Å². The molecule has 13 nitrogen and oxygen atoms in total. The van der Waals surface area contributed by atoms with Crippen molar-refractivity contribution in [2.24, 2.45) is 29.6 Å². The van der Waals surface area contributed by atoms with Gasteiger partial charge in [-0.05, 0) is 95.5 Å². The van der Waals surface area contributed by atoms with Gasteiger partial charge in [0.05, 0.1) is 24.4 Å². The molecule has 0 aromatic rings. The van der Waals surface area contributed by atoms with Crippen LogP contribution in [0.15, 0.2) is 23.3 Å². The molecule has 3 fully saturated rings. The summed E-state index contributed by atoms with van der Waals surface area (Å²) in [5.74, 6) is -4.54. The standard InChI is InChI=1S/C43H70N2O10.C3H4O.CH4/c1-10-31-19-25(2)18-26(3)20-36(52-8)39-37(53-9)22-28(5)43(50,55-39)40(47)41(48)45-17-12-11-16-34(45)42(49)54-38(29(6)35(46)24-33(31)44)27(4)21-30-14-13-15-32(23-30)51-7;1-2-3-4;/h19,21,26,28-32,34-39,44,46,50H,10-18,20,22-24H2,1-9H3;1,4H,3H2;1H4/b25-19+,27-21+,44-33?;;/t26-,28+,29+,30-,31+,32-,34-,35-,36-,37-,38+,39+,43+;;/m0../s1. The molecular formula is C47H78N2O11. The zero-order valence-electron chi connectivity index (χ0n) is 37.1. The lowest BCUT2D eigenvalue weighted by atomic mass is 9.82. The quantitative estimate of drug-likeness (QED) is 0.103. The Kier molecular flexibility index (Phi) is 22.4. The van der Waals surface area contributed by atoms with Crippen LogP contribution in [0.1, 0.15) is 126 Å². The third-order valence-corrected chi connectivity index (χ3v) is 12.9. The monoisotopic (exact) mass is 847 g/mol. The number of hydrogen-bond donors (Lipinski definition) is 4. The van der Waals surface area contributed by atoms with Gasteiger partial charge in [-0.15, -0.1) is 6.42 Å². The number of methoxy groups -OCH3 is 3. The Hall–Kier alpha value is -2.96. The van der Waals surface area contributed by atoms with Crippen LogP contribution in [0, 0.1) is 47.3 Å². The lowest BCUT2D eigenvalue weighted by Gasteiger charge is -2.47. The number of ether oxygens (including phenoxy) is 5. The van der Waals surface area contributed by atoms with E-state index in [0.29, 0.717) is 37.8 Å². The molecule has 1 aliphatic carbocycles. The molecule has 4 N–H and O–H groups in total. The number of hydrogen-bond acceptors (Lipinski definition) is 12. The molecule has 0 aromatic carbocycles. The van der Waals surface area contributed by atoms with E-state index in [-0.39, 0.29) is 63.7 Å². The number of rotatable bonds is 6. The van der Waals surface area contributed by atoms with E-state index in [4.69, 9.17) is 34.2 Å². The summed E-state index contributed by atoms with van der Waals surface area (Å²) in [5, 5.41) is 40.5. The van der Waals surface area contributed by atoms with Crippen molar-refractivity contribution in [1.29, 1.82) is 5.41 Å². The molecule has 2 saturated heterocycles. The molecular weight excluding hydrogens is 769 g/mol. The highest BCUT2D eigenvalue weighted by Crippen LogP contribution is 2.39. The van der Waals surface area contributed by atoms with E-state index in [2.05, 4.69) is 25.5 Å². The van der Waals surface area contributed by atoms with E-state index in [1.165, 1.54) is 4.90 Å². The molecule has 342 valence electrons. The number of Topliss-reactive ketones (excluding diaryl/α,β-unsaturated/α-hetero) is 1. The predicted octanol–water partition coefficient (Wildman–Crippen LogP) is 6.20. The summed E-state index contributed by atoms with van der Waals surface area (Å²) in [6.45, 7) is 11.6. The molecule has 60 heavy (non-hydrogen) atoms. The highest BCUT2D eigenvalue weighted by Gasteiger charge is 2.56. The van der Waals surface area contributed by atoms with Gasteiger partial charge < -0.3 is 49.3 Å². The zero-order valence-corrected chi connectivity index (χ0v) is 37.1. The Morgan fingerprint density at radius 1 is 1.02 bits per heavy atom. The fourth-order valence-corrected chi connectivity index (χ4v) is 9.43. The topological polar surface area (TPSA) is 185 Å². The number of nitrogens with zero attached hydrogens (tertiary/aromatic N) is 1. The van der Waals surface area contributed by atoms with E-state index in [0.717, 1.165) is 36.8 Å². The number of carbonyl (C=O) groups excluding carboxylic acids is 3. The van der Waals surface area contributed by atoms with Crippen molar-refractivity contribution in [3.63, 3.8) is 0 Å². The van der Waals surface area contributed by atoms with Crippen molar-refractivity contribution in [3.05, 3.63) is 23.3 Å². The van der Waals surface area contributed by atoms with E-state index in [1.807, 2.05) is 33.6 Å². The van der Waals surface area contributed by atoms with Crippen molar-refractivity contribution in [2.75, 3.05) is 34.5 Å². The number of nitrogens with one attached hydrogen (secondary N) is 1. The molecule has 0 unspecified atom stereocenters. The average Bonchev–Trinajstić information content (AvgIpc) is 3.23. The van der Waals surface area contributed by atoms with Crippen LogP contribution < -0.4 is 0 Å². The van der Waals surface area contributed by atoms with Gasteiger partial charge in [-0.25, -0.2) is 4.79 Å². The molecule has 2 bridgehead atoms.